The molecule has 0 aromatic heterocycles. The van der Waals surface area contributed by atoms with Crippen LogP contribution in [-0.4, -0.2) is 37.6 Å². The minimum atomic E-state index is -4.47. The number of amides is 1. The zero-order valence-corrected chi connectivity index (χ0v) is 16.8. The third kappa shape index (κ3) is 3.90. The summed E-state index contributed by atoms with van der Waals surface area (Å²) in [4.78, 5) is 14.4. The van der Waals surface area contributed by atoms with Crippen LogP contribution < -0.4 is 4.74 Å². The normalized spacial score (nSPS) is 18.2. The summed E-state index contributed by atoms with van der Waals surface area (Å²) in [6.45, 7) is 1.52. The summed E-state index contributed by atoms with van der Waals surface area (Å²) in [7, 11) is 1.64. The maximum atomic E-state index is 13.2. The van der Waals surface area contributed by atoms with E-state index in [0.29, 0.717) is 32.5 Å². The first kappa shape index (κ1) is 20.7. The van der Waals surface area contributed by atoms with Gasteiger partial charge in [0.1, 0.15) is 5.75 Å². The van der Waals surface area contributed by atoms with E-state index in [-0.39, 0.29) is 17.9 Å². The van der Waals surface area contributed by atoms with Crippen molar-refractivity contribution in [3.05, 3.63) is 64.7 Å². The van der Waals surface area contributed by atoms with E-state index >= 15 is 0 Å². The third-order valence-electron chi connectivity index (χ3n) is 6.14. The van der Waals surface area contributed by atoms with Gasteiger partial charge in [-0.3, -0.25) is 4.79 Å². The number of benzene rings is 2. The molecule has 1 spiro atoms. The molecule has 2 aromatic carbocycles. The highest BCUT2D eigenvalue weighted by Gasteiger charge is 2.42. The molecule has 0 atom stereocenters. The second kappa shape index (κ2) is 7.95. The van der Waals surface area contributed by atoms with E-state index in [9.17, 15) is 18.0 Å². The minimum Gasteiger partial charge on any atom is -0.497 e. The molecule has 2 heterocycles. The number of piperidine rings is 1. The molecule has 0 N–H and O–H groups in total. The number of carbonyl (C=O) groups excluding carboxylic acids is 1. The summed E-state index contributed by atoms with van der Waals surface area (Å²) in [5.41, 5.74) is 1.15. The molecule has 0 unspecified atom stereocenters. The SMILES string of the molecule is COc1ccc2c(c1)CCOC21CCN(C(=O)Cc2ccccc2C(F)(F)F)CC1. The Kier molecular flexibility index (Phi) is 5.49. The molecule has 2 aliphatic heterocycles. The number of likely N-dealkylation sites (tertiary alicyclic amines) is 1. The first-order valence-corrected chi connectivity index (χ1v) is 10.1. The van der Waals surface area contributed by atoms with E-state index < -0.39 is 17.3 Å². The average molecular weight is 419 g/mol. The molecule has 2 aromatic rings. The Bertz CT molecular complexity index is 934. The van der Waals surface area contributed by atoms with Crippen LogP contribution in [0.5, 0.6) is 5.75 Å². The fourth-order valence-corrected chi connectivity index (χ4v) is 4.54. The van der Waals surface area contributed by atoms with Gasteiger partial charge in [0.2, 0.25) is 5.91 Å². The van der Waals surface area contributed by atoms with Gasteiger partial charge in [-0.05, 0) is 54.2 Å². The number of ether oxygens (including phenoxy) is 2. The summed E-state index contributed by atoms with van der Waals surface area (Å²) in [6, 6.07) is 11.3. The lowest BCUT2D eigenvalue weighted by Gasteiger charge is -2.45. The number of halogens is 3. The molecule has 2 aliphatic rings. The van der Waals surface area contributed by atoms with E-state index in [0.717, 1.165) is 23.8 Å². The summed E-state index contributed by atoms with van der Waals surface area (Å²) >= 11 is 0. The predicted octanol–water partition coefficient (Wildman–Crippen LogP) is 4.35. The van der Waals surface area contributed by atoms with Gasteiger partial charge >= 0.3 is 6.18 Å². The van der Waals surface area contributed by atoms with Gasteiger partial charge < -0.3 is 14.4 Å². The Morgan fingerprint density at radius 3 is 2.60 bits per heavy atom. The lowest BCUT2D eigenvalue weighted by molar-refractivity contribution is -0.141. The van der Waals surface area contributed by atoms with Crippen molar-refractivity contribution in [3.8, 4) is 5.75 Å². The topological polar surface area (TPSA) is 38.8 Å². The lowest BCUT2D eigenvalue weighted by atomic mass is 9.79. The van der Waals surface area contributed by atoms with Crippen LogP contribution in [0.3, 0.4) is 0 Å². The smallest absolute Gasteiger partial charge is 0.416 e. The highest BCUT2D eigenvalue weighted by atomic mass is 19.4. The fourth-order valence-electron chi connectivity index (χ4n) is 4.54. The maximum absolute atomic E-state index is 13.2. The average Bonchev–Trinajstić information content (AvgIpc) is 2.74. The van der Waals surface area contributed by atoms with Crippen LogP contribution in [0.4, 0.5) is 13.2 Å². The third-order valence-corrected chi connectivity index (χ3v) is 6.14. The summed E-state index contributed by atoms with van der Waals surface area (Å²) in [5, 5.41) is 0. The Labute approximate surface area is 173 Å². The molecule has 0 radical (unpaired) electrons. The number of hydrogen-bond acceptors (Lipinski definition) is 3. The fraction of sp³-hybridized carbons (Fsp3) is 0.435. The summed E-state index contributed by atoms with van der Waals surface area (Å²) < 4.78 is 51.2. The molecular formula is C23H24F3NO3. The van der Waals surface area contributed by atoms with Crippen LogP contribution in [0.2, 0.25) is 0 Å². The van der Waals surface area contributed by atoms with E-state index in [1.807, 2.05) is 18.2 Å². The largest absolute Gasteiger partial charge is 0.497 e. The van der Waals surface area contributed by atoms with Crippen molar-refractivity contribution in [1.82, 2.24) is 4.90 Å². The van der Waals surface area contributed by atoms with Crippen molar-refractivity contribution >= 4 is 5.91 Å². The van der Waals surface area contributed by atoms with E-state index in [1.165, 1.54) is 23.8 Å². The molecule has 4 rings (SSSR count). The van der Waals surface area contributed by atoms with E-state index in [2.05, 4.69) is 0 Å². The Morgan fingerprint density at radius 2 is 1.90 bits per heavy atom. The van der Waals surface area contributed by atoms with Crippen molar-refractivity contribution in [2.75, 3.05) is 26.8 Å². The van der Waals surface area contributed by atoms with Crippen molar-refractivity contribution in [2.45, 2.75) is 37.5 Å². The second-order valence-corrected chi connectivity index (χ2v) is 7.83. The number of fused-ring (bicyclic) bond motifs is 2. The molecule has 4 nitrogen and oxygen atoms in total. The van der Waals surface area contributed by atoms with Crippen molar-refractivity contribution in [3.63, 3.8) is 0 Å². The molecule has 0 aliphatic carbocycles. The minimum absolute atomic E-state index is 0.0154. The zero-order chi connectivity index (χ0) is 21.4. The lowest BCUT2D eigenvalue weighted by Crippen LogP contribution is -2.48. The number of methoxy groups -OCH3 is 1. The first-order valence-electron chi connectivity index (χ1n) is 10.1. The molecule has 7 heteroatoms. The van der Waals surface area contributed by atoms with Crippen LogP contribution in [0.1, 0.15) is 35.1 Å². The van der Waals surface area contributed by atoms with Gasteiger partial charge in [0.05, 0.1) is 31.3 Å². The van der Waals surface area contributed by atoms with Crippen molar-refractivity contribution in [2.24, 2.45) is 0 Å². The number of alkyl halides is 3. The Balaban J connectivity index is 1.47. The van der Waals surface area contributed by atoms with Gasteiger partial charge in [-0.15, -0.1) is 0 Å². The zero-order valence-electron chi connectivity index (χ0n) is 16.8. The van der Waals surface area contributed by atoms with Gasteiger partial charge in [0, 0.05) is 13.1 Å². The Hall–Kier alpha value is -2.54. The summed E-state index contributed by atoms with van der Waals surface area (Å²) in [6.07, 6.45) is -2.66. The summed E-state index contributed by atoms with van der Waals surface area (Å²) in [5.74, 6) is 0.522. The molecule has 1 saturated heterocycles. The predicted molar refractivity (Wildman–Crippen MR) is 105 cm³/mol. The highest BCUT2D eigenvalue weighted by molar-refractivity contribution is 5.79. The van der Waals surface area contributed by atoms with Crippen LogP contribution in [0, 0.1) is 0 Å². The van der Waals surface area contributed by atoms with Crippen molar-refractivity contribution in [1.29, 1.82) is 0 Å². The monoisotopic (exact) mass is 419 g/mol. The van der Waals surface area contributed by atoms with Crippen molar-refractivity contribution < 1.29 is 27.4 Å². The molecule has 1 amide bonds. The van der Waals surface area contributed by atoms with Crippen LogP contribution in [-0.2, 0) is 34.2 Å². The van der Waals surface area contributed by atoms with E-state index in [4.69, 9.17) is 9.47 Å². The highest BCUT2D eigenvalue weighted by Crippen LogP contribution is 2.42. The van der Waals surface area contributed by atoms with Gasteiger partial charge in [-0.25, -0.2) is 0 Å². The van der Waals surface area contributed by atoms with Crippen LogP contribution in [0.15, 0.2) is 42.5 Å². The molecule has 0 bridgehead atoms. The van der Waals surface area contributed by atoms with Crippen LogP contribution >= 0.6 is 0 Å². The van der Waals surface area contributed by atoms with E-state index in [1.54, 1.807) is 12.0 Å². The maximum Gasteiger partial charge on any atom is 0.416 e. The molecular weight excluding hydrogens is 395 g/mol. The molecule has 160 valence electrons. The second-order valence-electron chi connectivity index (χ2n) is 7.83. The van der Waals surface area contributed by atoms with Gasteiger partial charge in [0.25, 0.3) is 0 Å². The van der Waals surface area contributed by atoms with Gasteiger partial charge in [0.15, 0.2) is 0 Å². The molecule has 1 fully saturated rings. The standard InChI is InChI=1S/C23H24F3NO3/c1-29-18-6-7-19-17(14-18)8-13-30-22(19)9-11-27(12-10-22)21(28)15-16-4-2-3-5-20(16)23(24,25)26/h2-7,14H,8-13,15H2,1H3. The first-order chi connectivity index (χ1) is 14.3. The number of rotatable bonds is 3. The molecule has 0 saturated carbocycles. The van der Waals surface area contributed by atoms with Crippen LogP contribution in [0.25, 0.3) is 0 Å². The molecule has 30 heavy (non-hydrogen) atoms. The van der Waals surface area contributed by atoms with Gasteiger partial charge in [-0.1, -0.05) is 24.3 Å². The number of carbonyl (C=O) groups is 1. The Morgan fingerprint density at radius 1 is 1.17 bits per heavy atom. The number of nitrogens with zero attached hydrogens (tertiary/aromatic N) is 1. The quantitative estimate of drug-likeness (QED) is 0.743. The number of hydrogen-bond donors (Lipinski definition) is 0. The van der Waals surface area contributed by atoms with Gasteiger partial charge in [-0.2, -0.15) is 13.2 Å².